The van der Waals surface area contributed by atoms with Crippen LogP contribution in [0.2, 0.25) is 0 Å². The van der Waals surface area contributed by atoms with Gasteiger partial charge in [-0.15, -0.1) is 0 Å². The van der Waals surface area contributed by atoms with Crippen molar-refractivity contribution < 1.29 is 17.6 Å². The smallest absolute Gasteiger partial charge is 0.240 e. The van der Waals surface area contributed by atoms with Gasteiger partial charge in [0.15, 0.2) is 0 Å². The van der Waals surface area contributed by atoms with Crippen LogP contribution in [-0.2, 0) is 14.8 Å². The summed E-state index contributed by atoms with van der Waals surface area (Å²) in [5, 5.41) is 0. The number of primary amides is 1. The van der Waals surface area contributed by atoms with Gasteiger partial charge in [0, 0.05) is 12.0 Å². The molecule has 1 saturated carbocycles. The molecule has 0 atom stereocenters. The first-order valence-corrected chi connectivity index (χ1v) is 8.14. The van der Waals surface area contributed by atoms with E-state index < -0.39 is 15.8 Å². The predicted octanol–water partition coefficient (Wildman–Crippen LogP) is 0.730. The highest BCUT2D eigenvalue weighted by Gasteiger charge is 2.28. The number of hydrogen-bond donors (Lipinski definition) is 3. The second kappa shape index (κ2) is 5.98. The van der Waals surface area contributed by atoms with E-state index in [1.165, 1.54) is 6.07 Å². The molecule has 21 heavy (non-hydrogen) atoms. The Morgan fingerprint density at radius 1 is 1.24 bits per heavy atom. The summed E-state index contributed by atoms with van der Waals surface area (Å²) in [6.07, 6.45) is 2.22. The van der Waals surface area contributed by atoms with Crippen molar-refractivity contribution in [1.29, 1.82) is 0 Å². The maximum atomic E-state index is 13.1. The fraction of sp³-hybridized carbons (Fsp3) is 0.462. The number of carbonyl (C=O) groups is 1. The Labute approximate surface area is 122 Å². The number of nitrogen functional groups attached to an aromatic ring is 1. The van der Waals surface area contributed by atoms with Gasteiger partial charge in [-0.3, -0.25) is 4.79 Å². The molecular weight excluding hydrogens is 297 g/mol. The van der Waals surface area contributed by atoms with Crippen LogP contribution in [0.4, 0.5) is 10.1 Å². The normalized spacial score (nSPS) is 22.9. The van der Waals surface area contributed by atoms with Gasteiger partial charge < -0.3 is 11.5 Å². The zero-order valence-electron chi connectivity index (χ0n) is 11.4. The number of benzene rings is 1. The number of nitrogens with one attached hydrogen (secondary N) is 1. The number of carbonyl (C=O) groups excluding carboxylic acids is 1. The molecule has 1 amide bonds. The molecule has 1 aliphatic rings. The van der Waals surface area contributed by atoms with Gasteiger partial charge in [0.2, 0.25) is 15.9 Å². The lowest BCUT2D eigenvalue weighted by Crippen LogP contribution is -2.39. The van der Waals surface area contributed by atoms with Gasteiger partial charge >= 0.3 is 0 Å². The molecule has 0 bridgehead atoms. The first kappa shape index (κ1) is 15.7. The Morgan fingerprint density at radius 2 is 1.86 bits per heavy atom. The summed E-state index contributed by atoms with van der Waals surface area (Å²) < 4.78 is 40.0. The lowest BCUT2D eigenvalue weighted by atomic mass is 9.86. The molecule has 1 aromatic carbocycles. The van der Waals surface area contributed by atoms with Gasteiger partial charge in [0.25, 0.3) is 0 Å². The maximum absolute atomic E-state index is 13.1. The topological polar surface area (TPSA) is 115 Å². The van der Waals surface area contributed by atoms with Crippen molar-refractivity contribution >= 4 is 21.6 Å². The number of sulfonamides is 1. The average molecular weight is 315 g/mol. The zero-order chi connectivity index (χ0) is 15.6. The van der Waals surface area contributed by atoms with Gasteiger partial charge in [-0.2, -0.15) is 0 Å². The van der Waals surface area contributed by atoms with Crippen LogP contribution in [0.25, 0.3) is 0 Å². The second-order valence-corrected chi connectivity index (χ2v) is 6.97. The number of anilines is 1. The Balaban J connectivity index is 2.05. The fourth-order valence-corrected chi connectivity index (χ4v) is 3.81. The Hall–Kier alpha value is -1.67. The molecule has 0 aliphatic heterocycles. The van der Waals surface area contributed by atoms with Gasteiger partial charge in [-0.25, -0.2) is 17.5 Å². The third kappa shape index (κ3) is 3.70. The predicted molar refractivity (Wildman–Crippen MR) is 76.1 cm³/mol. The summed E-state index contributed by atoms with van der Waals surface area (Å²) >= 11 is 0. The highest BCUT2D eigenvalue weighted by Crippen LogP contribution is 2.25. The fourth-order valence-electron chi connectivity index (χ4n) is 2.47. The minimum atomic E-state index is -3.75. The van der Waals surface area contributed by atoms with E-state index in [1.807, 2.05) is 0 Å². The van der Waals surface area contributed by atoms with Crippen LogP contribution in [0, 0.1) is 11.7 Å². The number of halogens is 1. The van der Waals surface area contributed by atoms with E-state index in [4.69, 9.17) is 11.5 Å². The summed E-state index contributed by atoms with van der Waals surface area (Å²) in [6.45, 7) is 0. The highest BCUT2D eigenvalue weighted by molar-refractivity contribution is 7.89. The average Bonchev–Trinajstić information content (AvgIpc) is 2.42. The molecule has 0 saturated heterocycles. The van der Waals surface area contributed by atoms with Crippen LogP contribution in [-0.4, -0.2) is 20.4 Å². The zero-order valence-corrected chi connectivity index (χ0v) is 12.2. The molecule has 5 N–H and O–H groups in total. The molecular formula is C13H18FN3O3S. The molecule has 0 spiro atoms. The molecule has 1 aliphatic carbocycles. The van der Waals surface area contributed by atoms with E-state index >= 15 is 0 Å². The summed E-state index contributed by atoms with van der Waals surface area (Å²) in [4.78, 5) is 11.0. The van der Waals surface area contributed by atoms with Crippen LogP contribution in [0.1, 0.15) is 25.7 Å². The van der Waals surface area contributed by atoms with Gasteiger partial charge in [-0.1, -0.05) is 0 Å². The van der Waals surface area contributed by atoms with Gasteiger partial charge in [-0.05, 0) is 43.9 Å². The van der Waals surface area contributed by atoms with Crippen LogP contribution >= 0.6 is 0 Å². The van der Waals surface area contributed by atoms with Crippen molar-refractivity contribution in [2.24, 2.45) is 11.7 Å². The molecule has 1 fully saturated rings. The standard InChI is InChI=1S/C13H18FN3O3S/c14-11-6-5-10(7-12(11)15)21(19,20)17-9-3-1-8(2-4-9)13(16)18/h5-9,17H,1-4,15H2,(H2,16,18). The van der Waals surface area contributed by atoms with Crippen LogP contribution in [0.3, 0.4) is 0 Å². The molecule has 116 valence electrons. The quantitative estimate of drug-likeness (QED) is 0.710. The van der Waals surface area contributed by atoms with Gasteiger partial charge in [0.05, 0.1) is 10.6 Å². The SMILES string of the molecule is NC(=O)C1CCC(NS(=O)(=O)c2ccc(F)c(N)c2)CC1. The van der Waals surface area contributed by atoms with Crippen molar-refractivity contribution in [3.05, 3.63) is 24.0 Å². The molecule has 1 aromatic rings. The molecule has 0 unspecified atom stereocenters. The van der Waals surface area contributed by atoms with E-state index in [1.54, 1.807) is 0 Å². The van der Waals surface area contributed by atoms with E-state index in [0.717, 1.165) is 12.1 Å². The van der Waals surface area contributed by atoms with Crippen LogP contribution < -0.4 is 16.2 Å². The first-order valence-electron chi connectivity index (χ1n) is 6.66. The molecule has 0 radical (unpaired) electrons. The lowest BCUT2D eigenvalue weighted by Gasteiger charge is -2.27. The van der Waals surface area contributed by atoms with E-state index in [2.05, 4.69) is 4.72 Å². The van der Waals surface area contributed by atoms with Crippen LogP contribution in [0.15, 0.2) is 23.1 Å². The van der Waals surface area contributed by atoms with E-state index in [9.17, 15) is 17.6 Å². The Morgan fingerprint density at radius 3 is 2.38 bits per heavy atom. The van der Waals surface area contributed by atoms with Gasteiger partial charge in [0.1, 0.15) is 5.82 Å². The van der Waals surface area contributed by atoms with Crippen LogP contribution in [0.5, 0.6) is 0 Å². The van der Waals surface area contributed by atoms with E-state index in [0.29, 0.717) is 25.7 Å². The molecule has 0 heterocycles. The Bertz CT molecular complexity index is 640. The molecule has 6 nitrogen and oxygen atoms in total. The third-order valence-corrected chi connectivity index (χ3v) is 5.25. The minimum Gasteiger partial charge on any atom is -0.396 e. The number of rotatable bonds is 4. The van der Waals surface area contributed by atoms with Crippen molar-refractivity contribution in [2.75, 3.05) is 5.73 Å². The number of amides is 1. The summed E-state index contributed by atoms with van der Waals surface area (Å²) in [5.41, 5.74) is 10.4. The Kier molecular flexibility index (Phi) is 4.48. The van der Waals surface area contributed by atoms with Crippen molar-refractivity contribution in [2.45, 2.75) is 36.6 Å². The van der Waals surface area contributed by atoms with Crippen molar-refractivity contribution in [3.8, 4) is 0 Å². The van der Waals surface area contributed by atoms with Crippen molar-refractivity contribution in [3.63, 3.8) is 0 Å². The largest absolute Gasteiger partial charge is 0.396 e. The summed E-state index contributed by atoms with van der Waals surface area (Å²) in [5.74, 6) is -1.19. The molecule has 2 rings (SSSR count). The first-order chi connectivity index (χ1) is 9.79. The summed E-state index contributed by atoms with van der Waals surface area (Å²) in [7, 11) is -3.75. The maximum Gasteiger partial charge on any atom is 0.240 e. The van der Waals surface area contributed by atoms with Crippen molar-refractivity contribution in [1.82, 2.24) is 4.72 Å². The highest BCUT2D eigenvalue weighted by atomic mass is 32.2. The minimum absolute atomic E-state index is 0.0709. The lowest BCUT2D eigenvalue weighted by molar-refractivity contribution is -0.122. The number of nitrogens with two attached hydrogens (primary N) is 2. The molecule has 8 heteroatoms. The van der Waals surface area contributed by atoms with E-state index in [-0.39, 0.29) is 28.4 Å². The number of hydrogen-bond acceptors (Lipinski definition) is 4. The monoisotopic (exact) mass is 315 g/mol. The second-order valence-electron chi connectivity index (χ2n) is 5.26. The third-order valence-electron chi connectivity index (χ3n) is 3.73. The summed E-state index contributed by atoms with van der Waals surface area (Å²) in [6, 6.07) is 3.03. The molecule has 0 aromatic heterocycles.